The zero-order chi connectivity index (χ0) is 10.6. The summed E-state index contributed by atoms with van der Waals surface area (Å²) in [5, 5.41) is 0. The first-order chi connectivity index (χ1) is 6.66. The van der Waals surface area contributed by atoms with E-state index in [0.29, 0.717) is 18.4 Å². The quantitative estimate of drug-likeness (QED) is 0.501. The van der Waals surface area contributed by atoms with E-state index in [1.807, 2.05) is 0 Å². The second-order valence-corrected chi connectivity index (χ2v) is 4.66. The smallest absolute Gasteiger partial charge is 0.309 e. The van der Waals surface area contributed by atoms with Gasteiger partial charge in [0, 0.05) is 5.92 Å². The highest BCUT2D eigenvalue weighted by Gasteiger charge is 2.38. The SMILES string of the molecule is CCCCCC1COC(=O)C1C(C)C. The molecule has 0 spiro atoms. The summed E-state index contributed by atoms with van der Waals surface area (Å²) in [5.41, 5.74) is 0. The van der Waals surface area contributed by atoms with Gasteiger partial charge < -0.3 is 4.74 Å². The molecule has 0 aromatic rings. The minimum atomic E-state index is 0.0292. The monoisotopic (exact) mass is 198 g/mol. The van der Waals surface area contributed by atoms with Gasteiger partial charge in [-0.1, -0.05) is 40.0 Å². The van der Waals surface area contributed by atoms with Crippen LogP contribution in [0.5, 0.6) is 0 Å². The molecule has 0 amide bonds. The molecular formula is C12H22O2. The summed E-state index contributed by atoms with van der Waals surface area (Å²) in [4.78, 5) is 11.4. The molecular weight excluding hydrogens is 176 g/mol. The highest BCUT2D eigenvalue weighted by molar-refractivity contribution is 5.74. The minimum Gasteiger partial charge on any atom is -0.465 e. The van der Waals surface area contributed by atoms with Crippen molar-refractivity contribution in [2.45, 2.75) is 46.5 Å². The lowest BCUT2D eigenvalue weighted by atomic mass is 9.83. The summed E-state index contributed by atoms with van der Waals surface area (Å²) in [6.45, 7) is 7.09. The number of esters is 1. The van der Waals surface area contributed by atoms with Crippen molar-refractivity contribution >= 4 is 5.97 Å². The van der Waals surface area contributed by atoms with Crippen LogP contribution in [0.3, 0.4) is 0 Å². The van der Waals surface area contributed by atoms with Crippen molar-refractivity contribution < 1.29 is 9.53 Å². The van der Waals surface area contributed by atoms with Crippen LogP contribution < -0.4 is 0 Å². The summed E-state index contributed by atoms with van der Waals surface area (Å²) in [5.74, 6) is 1.10. The predicted molar refractivity (Wildman–Crippen MR) is 56.9 cm³/mol. The Morgan fingerprint density at radius 3 is 2.71 bits per heavy atom. The van der Waals surface area contributed by atoms with Crippen LogP contribution in [-0.2, 0) is 9.53 Å². The lowest BCUT2D eigenvalue weighted by molar-refractivity contribution is -0.142. The molecule has 0 radical (unpaired) electrons. The molecule has 1 aliphatic rings. The molecule has 14 heavy (non-hydrogen) atoms. The Balaban J connectivity index is 2.39. The van der Waals surface area contributed by atoms with Crippen LogP contribution in [-0.4, -0.2) is 12.6 Å². The van der Waals surface area contributed by atoms with E-state index in [0.717, 1.165) is 6.42 Å². The number of ether oxygens (including phenoxy) is 1. The van der Waals surface area contributed by atoms with Crippen molar-refractivity contribution in [1.82, 2.24) is 0 Å². The maximum Gasteiger partial charge on any atom is 0.309 e. The van der Waals surface area contributed by atoms with E-state index >= 15 is 0 Å². The molecule has 2 unspecified atom stereocenters. The lowest BCUT2D eigenvalue weighted by Gasteiger charge is -2.17. The Labute approximate surface area is 87.0 Å². The Kier molecular flexibility index (Phi) is 4.43. The first-order valence-corrected chi connectivity index (χ1v) is 5.83. The lowest BCUT2D eigenvalue weighted by Crippen LogP contribution is -2.21. The van der Waals surface area contributed by atoms with E-state index in [4.69, 9.17) is 4.74 Å². The molecule has 2 heteroatoms. The van der Waals surface area contributed by atoms with Crippen LogP contribution in [0.2, 0.25) is 0 Å². The summed E-state index contributed by atoms with van der Waals surface area (Å²) in [6, 6.07) is 0. The first-order valence-electron chi connectivity index (χ1n) is 5.83. The van der Waals surface area contributed by atoms with Crippen LogP contribution in [0.1, 0.15) is 46.5 Å². The number of carbonyl (C=O) groups is 1. The number of hydrogen-bond donors (Lipinski definition) is 0. The normalized spacial score (nSPS) is 27.0. The molecule has 1 aliphatic heterocycles. The maximum absolute atomic E-state index is 11.4. The van der Waals surface area contributed by atoms with Crippen molar-refractivity contribution in [1.29, 1.82) is 0 Å². The molecule has 0 N–H and O–H groups in total. The van der Waals surface area contributed by atoms with E-state index in [1.54, 1.807) is 0 Å². The predicted octanol–water partition coefficient (Wildman–Crippen LogP) is 3.01. The third kappa shape index (κ3) is 2.73. The maximum atomic E-state index is 11.4. The van der Waals surface area contributed by atoms with Crippen LogP contribution in [0, 0.1) is 17.8 Å². The average Bonchev–Trinajstić information content (AvgIpc) is 2.47. The molecule has 1 fully saturated rings. The van der Waals surface area contributed by atoms with Crippen molar-refractivity contribution in [2.75, 3.05) is 6.61 Å². The van der Waals surface area contributed by atoms with Gasteiger partial charge in [0.2, 0.25) is 0 Å². The zero-order valence-corrected chi connectivity index (χ0v) is 9.58. The Bertz CT molecular complexity index is 187. The second kappa shape index (κ2) is 5.38. The number of hydrogen-bond acceptors (Lipinski definition) is 2. The number of cyclic esters (lactones) is 1. The van der Waals surface area contributed by atoms with E-state index in [9.17, 15) is 4.79 Å². The fourth-order valence-corrected chi connectivity index (χ4v) is 2.32. The Morgan fingerprint density at radius 1 is 1.43 bits per heavy atom. The van der Waals surface area contributed by atoms with Crippen molar-refractivity contribution in [2.24, 2.45) is 17.8 Å². The molecule has 0 aromatic heterocycles. The highest BCUT2D eigenvalue weighted by atomic mass is 16.5. The molecule has 2 atom stereocenters. The molecule has 1 rings (SSSR count). The summed E-state index contributed by atoms with van der Waals surface area (Å²) in [7, 11) is 0. The fraction of sp³-hybridized carbons (Fsp3) is 0.917. The van der Waals surface area contributed by atoms with Crippen molar-refractivity contribution in [3.63, 3.8) is 0 Å². The molecule has 0 bridgehead atoms. The zero-order valence-electron chi connectivity index (χ0n) is 9.58. The van der Waals surface area contributed by atoms with Crippen LogP contribution in [0.25, 0.3) is 0 Å². The molecule has 2 nitrogen and oxygen atoms in total. The first kappa shape index (κ1) is 11.5. The topological polar surface area (TPSA) is 26.3 Å². The summed E-state index contributed by atoms with van der Waals surface area (Å²) < 4.78 is 5.13. The number of carbonyl (C=O) groups excluding carboxylic acids is 1. The van der Waals surface area contributed by atoms with Crippen LogP contribution in [0.4, 0.5) is 0 Å². The largest absolute Gasteiger partial charge is 0.465 e. The van der Waals surface area contributed by atoms with Gasteiger partial charge >= 0.3 is 5.97 Å². The standard InChI is InChI=1S/C12H22O2/c1-4-5-6-7-10-8-14-12(13)11(10)9(2)3/h9-11H,4-8H2,1-3H3. The molecule has 0 aromatic carbocycles. The van der Waals surface area contributed by atoms with E-state index in [-0.39, 0.29) is 11.9 Å². The second-order valence-electron chi connectivity index (χ2n) is 4.66. The van der Waals surface area contributed by atoms with E-state index in [2.05, 4.69) is 20.8 Å². The Morgan fingerprint density at radius 2 is 2.14 bits per heavy atom. The van der Waals surface area contributed by atoms with Gasteiger partial charge in [0.05, 0.1) is 12.5 Å². The summed E-state index contributed by atoms with van der Waals surface area (Å²) >= 11 is 0. The van der Waals surface area contributed by atoms with Gasteiger partial charge in [0.1, 0.15) is 0 Å². The van der Waals surface area contributed by atoms with Gasteiger partial charge in [0.25, 0.3) is 0 Å². The van der Waals surface area contributed by atoms with Crippen molar-refractivity contribution in [3.8, 4) is 0 Å². The van der Waals surface area contributed by atoms with Gasteiger partial charge in [-0.15, -0.1) is 0 Å². The number of rotatable bonds is 5. The molecule has 82 valence electrons. The van der Waals surface area contributed by atoms with Gasteiger partial charge in [-0.05, 0) is 12.3 Å². The molecule has 1 saturated heterocycles. The minimum absolute atomic E-state index is 0.0292. The van der Waals surface area contributed by atoms with E-state index < -0.39 is 0 Å². The molecule has 0 aliphatic carbocycles. The fourth-order valence-electron chi connectivity index (χ4n) is 2.32. The summed E-state index contributed by atoms with van der Waals surface area (Å²) in [6.07, 6.45) is 4.91. The number of unbranched alkanes of at least 4 members (excludes halogenated alkanes) is 2. The van der Waals surface area contributed by atoms with Crippen LogP contribution >= 0.6 is 0 Å². The highest BCUT2D eigenvalue weighted by Crippen LogP contribution is 2.32. The molecule has 0 saturated carbocycles. The molecule has 1 heterocycles. The average molecular weight is 198 g/mol. The van der Waals surface area contributed by atoms with Gasteiger partial charge in [0.15, 0.2) is 0 Å². The van der Waals surface area contributed by atoms with Gasteiger partial charge in [-0.3, -0.25) is 4.79 Å². The van der Waals surface area contributed by atoms with Crippen LogP contribution in [0.15, 0.2) is 0 Å². The van der Waals surface area contributed by atoms with E-state index in [1.165, 1.54) is 19.3 Å². The Hall–Kier alpha value is -0.530. The van der Waals surface area contributed by atoms with Gasteiger partial charge in [-0.25, -0.2) is 0 Å². The van der Waals surface area contributed by atoms with Crippen molar-refractivity contribution in [3.05, 3.63) is 0 Å². The third-order valence-corrected chi connectivity index (χ3v) is 3.12. The third-order valence-electron chi connectivity index (χ3n) is 3.12. The van der Waals surface area contributed by atoms with Gasteiger partial charge in [-0.2, -0.15) is 0 Å².